The number of hydrogen-bond donors (Lipinski definition) is 1. The summed E-state index contributed by atoms with van der Waals surface area (Å²) >= 11 is 0. The molecular formula is C16H18N6. The van der Waals surface area contributed by atoms with E-state index in [-0.39, 0.29) is 0 Å². The third kappa shape index (κ3) is 2.21. The van der Waals surface area contributed by atoms with E-state index in [1.165, 1.54) is 0 Å². The van der Waals surface area contributed by atoms with E-state index in [2.05, 4.69) is 20.2 Å². The molecule has 1 saturated heterocycles. The summed E-state index contributed by atoms with van der Waals surface area (Å²) in [5.41, 5.74) is 2.84. The topological polar surface area (TPSA) is 58.4 Å². The molecule has 4 heterocycles. The number of aromatic nitrogens is 4. The van der Waals surface area contributed by atoms with Gasteiger partial charge in [-0.25, -0.2) is 15.0 Å². The number of hydrogen-bond acceptors (Lipinski definition) is 5. The van der Waals surface area contributed by atoms with E-state index in [1.807, 2.05) is 48.0 Å². The molecule has 3 aromatic rings. The standard InChI is InChI=1S/C16H18N6/c1-12-15(22-9-3-2-4-14(22)19-12)16-18-6-5-13(20-16)21-10-7-17-8-11-21/h2-6,9,17H,7-8,10-11H2,1H3. The van der Waals surface area contributed by atoms with Gasteiger partial charge in [0.15, 0.2) is 5.82 Å². The number of imidazole rings is 1. The second-order valence-electron chi connectivity index (χ2n) is 5.45. The molecule has 112 valence electrons. The molecule has 6 nitrogen and oxygen atoms in total. The fourth-order valence-electron chi connectivity index (χ4n) is 2.92. The normalized spacial score (nSPS) is 15.4. The summed E-state index contributed by atoms with van der Waals surface area (Å²) in [7, 11) is 0. The van der Waals surface area contributed by atoms with Crippen molar-refractivity contribution in [2.24, 2.45) is 0 Å². The fourth-order valence-corrected chi connectivity index (χ4v) is 2.92. The van der Waals surface area contributed by atoms with Crippen molar-refractivity contribution in [1.29, 1.82) is 0 Å². The maximum absolute atomic E-state index is 4.78. The number of anilines is 1. The van der Waals surface area contributed by atoms with Gasteiger partial charge in [0, 0.05) is 38.6 Å². The highest BCUT2D eigenvalue weighted by Gasteiger charge is 2.16. The molecule has 0 bridgehead atoms. The zero-order valence-corrected chi connectivity index (χ0v) is 12.5. The third-order valence-electron chi connectivity index (χ3n) is 4.00. The Bertz CT molecular complexity index is 803. The van der Waals surface area contributed by atoms with Crippen molar-refractivity contribution in [2.45, 2.75) is 6.92 Å². The summed E-state index contributed by atoms with van der Waals surface area (Å²) in [6.07, 6.45) is 3.84. The molecule has 0 amide bonds. The molecule has 0 aromatic carbocycles. The van der Waals surface area contributed by atoms with Crippen LogP contribution in [0, 0.1) is 6.92 Å². The lowest BCUT2D eigenvalue weighted by molar-refractivity contribution is 0.584. The van der Waals surface area contributed by atoms with Crippen LogP contribution in [0.3, 0.4) is 0 Å². The Morgan fingerprint density at radius 2 is 1.95 bits per heavy atom. The second-order valence-corrected chi connectivity index (χ2v) is 5.45. The summed E-state index contributed by atoms with van der Waals surface area (Å²) < 4.78 is 2.05. The van der Waals surface area contributed by atoms with Crippen molar-refractivity contribution >= 4 is 11.5 Å². The summed E-state index contributed by atoms with van der Waals surface area (Å²) in [5, 5.41) is 3.36. The quantitative estimate of drug-likeness (QED) is 0.776. The smallest absolute Gasteiger partial charge is 0.180 e. The number of nitrogens with one attached hydrogen (secondary N) is 1. The number of rotatable bonds is 2. The van der Waals surface area contributed by atoms with Gasteiger partial charge in [-0.05, 0) is 25.1 Å². The van der Waals surface area contributed by atoms with Crippen LogP contribution >= 0.6 is 0 Å². The van der Waals surface area contributed by atoms with E-state index in [0.29, 0.717) is 0 Å². The second kappa shape index (κ2) is 5.38. The summed E-state index contributed by atoms with van der Waals surface area (Å²) in [5.74, 6) is 1.71. The van der Waals surface area contributed by atoms with E-state index in [1.54, 1.807) is 0 Å². The zero-order chi connectivity index (χ0) is 14.9. The first-order chi connectivity index (χ1) is 10.8. The van der Waals surface area contributed by atoms with Crippen LogP contribution in [-0.4, -0.2) is 45.5 Å². The minimum absolute atomic E-state index is 0.729. The summed E-state index contributed by atoms with van der Waals surface area (Å²) in [4.78, 5) is 16.1. The Hall–Kier alpha value is -2.47. The number of pyridine rings is 1. The predicted octanol–water partition coefficient (Wildman–Crippen LogP) is 1.51. The Morgan fingerprint density at radius 1 is 1.09 bits per heavy atom. The molecule has 0 radical (unpaired) electrons. The molecule has 1 N–H and O–H groups in total. The maximum atomic E-state index is 4.78. The molecular weight excluding hydrogens is 276 g/mol. The molecule has 4 rings (SSSR count). The molecule has 0 saturated carbocycles. The van der Waals surface area contributed by atoms with Crippen LogP contribution in [-0.2, 0) is 0 Å². The van der Waals surface area contributed by atoms with Crippen LogP contribution in [0.5, 0.6) is 0 Å². The molecule has 3 aromatic heterocycles. The van der Waals surface area contributed by atoms with Crippen LogP contribution < -0.4 is 10.2 Å². The van der Waals surface area contributed by atoms with Gasteiger partial charge in [0.1, 0.15) is 17.2 Å². The number of piperazine rings is 1. The highest BCUT2D eigenvalue weighted by atomic mass is 15.2. The predicted molar refractivity (Wildman–Crippen MR) is 86.0 cm³/mol. The highest BCUT2D eigenvalue weighted by Crippen LogP contribution is 2.23. The molecule has 22 heavy (non-hydrogen) atoms. The fraction of sp³-hybridized carbons (Fsp3) is 0.312. The lowest BCUT2D eigenvalue weighted by Gasteiger charge is -2.28. The van der Waals surface area contributed by atoms with E-state index >= 15 is 0 Å². The zero-order valence-electron chi connectivity index (χ0n) is 12.5. The average molecular weight is 294 g/mol. The van der Waals surface area contributed by atoms with Gasteiger partial charge in [0.2, 0.25) is 0 Å². The Kier molecular flexibility index (Phi) is 3.23. The van der Waals surface area contributed by atoms with E-state index < -0.39 is 0 Å². The van der Waals surface area contributed by atoms with Gasteiger partial charge in [0.05, 0.1) is 5.69 Å². The molecule has 6 heteroatoms. The highest BCUT2D eigenvalue weighted by molar-refractivity contribution is 5.62. The largest absolute Gasteiger partial charge is 0.354 e. The molecule has 0 aliphatic carbocycles. The van der Waals surface area contributed by atoms with Gasteiger partial charge in [-0.3, -0.25) is 4.40 Å². The van der Waals surface area contributed by atoms with Crippen molar-refractivity contribution in [2.75, 3.05) is 31.1 Å². The first kappa shape index (κ1) is 13.2. The SMILES string of the molecule is Cc1nc2ccccn2c1-c1nccc(N2CCNCC2)n1. The van der Waals surface area contributed by atoms with Gasteiger partial charge in [-0.2, -0.15) is 0 Å². The van der Waals surface area contributed by atoms with Gasteiger partial charge in [-0.15, -0.1) is 0 Å². The molecule has 0 spiro atoms. The molecule has 0 atom stereocenters. The van der Waals surface area contributed by atoms with Crippen molar-refractivity contribution in [3.63, 3.8) is 0 Å². The average Bonchev–Trinajstić information content (AvgIpc) is 2.91. The Balaban J connectivity index is 1.80. The minimum atomic E-state index is 0.729. The Labute approximate surface area is 128 Å². The van der Waals surface area contributed by atoms with E-state index in [0.717, 1.165) is 54.9 Å². The lowest BCUT2D eigenvalue weighted by Crippen LogP contribution is -2.43. The van der Waals surface area contributed by atoms with E-state index in [9.17, 15) is 0 Å². The number of aryl methyl sites for hydroxylation is 1. The molecule has 1 aliphatic rings. The maximum Gasteiger partial charge on any atom is 0.180 e. The van der Waals surface area contributed by atoms with Gasteiger partial charge >= 0.3 is 0 Å². The van der Waals surface area contributed by atoms with Gasteiger partial charge < -0.3 is 10.2 Å². The van der Waals surface area contributed by atoms with Gasteiger partial charge in [0.25, 0.3) is 0 Å². The van der Waals surface area contributed by atoms with Crippen molar-refractivity contribution < 1.29 is 0 Å². The summed E-state index contributed by atoms with van der Waals surface area (Å²) in [6.45, 7) is 5.94. The van der Waals surface area contributed by atoms with Crippen molar-refractivity contribution in [3.8, 4) is 11.5 Å². The molecule has 1 aliphatic heterocycles. The van der Waals surface area contributed by atoms with Crippen LogP contribution in [0.25, 0.3) is 17.2 Å². The van der Waals surface area contributed by atoms with Crippen LogP contribution in [0.1, 0.15) is 5.69 Å². The van der Waals surface area contributed by atoms with Gasteiger partial charge in [-0.1, -0.05) is 6.07 Å². The molecule has 1 fully saturated rings. The third-order valence-corrected chi connectivity index (χ3v) is 4.00. The lowest BCUT2D eigenvalue weighted by atomic mass is 10.3. The van der Waals surface area contributed by atoms with Crippen molar-refractivity contribution in [1.82, 2.24) is 24.7 Å². The van der Waals surface area contributed by atoms with Crippen molar-refractivity contribution in [3.05, 3.63) is 42.4 Å². The minimum Gasteiger partial charge on any atom is -0.354 e. The Morgan fingerprint density at radius 3 is 2.82 bits per heavy atom. The first-order valence-corrected chi connectivity index (χ1v) is 7.56. The van der Waals surface area contributed by atoms with Crippen LogP contribution in [0.15, 0.2) is 36.7 Å². The van der Waals surface area contributed by atoms with Crippen LogP contribution in [0.4, 0.5) is 5.82 Å². The number of fused-ring (bicyclic) bond motifs is 1. The first-order valence-electron chi connectivity index (χ1n) is 7.56. The molecule has 0 unspecified atom stereocenters. The van der Waals surface area contributed by atoms with Crippen LogP contribution in [0.2, 0.25) is 0 Å². The monoisotopic (exact) mass is 294 g/mol. The van der Waals surface area contributed by atoms with E-state index in [4.69, 9.17) is 4.98 Å². The number of nitrogens with zero attached hydrogens (tertiary/aromatic N) is 5. The summed E-state index contributed by atoms with van der Waals surface area (Å²) in [6, 6.07) is 7.96.